The third kappa shape index (κ3) is 5.27. The van der Waals surface area contributed by atoms with Crippen LogP contribution in [0.25, 0.3) is 11.2 Å². The number of ether oxygens (including phenoxy) is 1. The lowest BCUT2D eigenvalue weighted by molar-refractivity contribution is -0.142. The fourth-order valence-corrected chi connectivity index (χ4v) is 4.79. The first-order valence-corrected chi connectivity index (χ1v) is 12.8. The molecule has 0 N–H and O–H groups in total. The highest BCUT2D eigenvalue weighted by atomic mass is 16.5. The van der Waals surface area contributed by atoms with E-state index in [1.807, 2.05) is 37.3 Å². The van der Waals surface area contributed by atoms with Gasteiger partial charge in [0.15, 0.2) is 11.7 Å². The Morgan fingerprint density at radius 3 is 2.39 bits per heavy atom. The van der Waals surface area contributed by atoms with E-state index in [-0.39, 0.29) is 5.97 Å². The van der Waals surface area contributed by atoms with Crippen molar-refractivity contribution in [2.24, 2.45) is 0 Å². The molecule has 2 heterocycles. The van der Waals surface area contributed by atoms with E-state index in [0.29, 0.717) is 6.54 Å². The predicted molar refractivity (Wildman–Crippen MR) is 145 cm³/mol. The van der Waals surface area contributed by atoms with Crippen molar-refractivity contribution in [1.29, 1.82) is 0 Å². The van der Waals surface area contributed by atoms with E-state index >= 15 is 0 Å². The van der Waals surface area contributed by atoms with E-state index in [4.69, 9.17) is 14.7 Å². The molecule has 0 fully saturated rings. The van der Waals surface area contributed by atoms with Crippen LogP contribution in [0.4, 0.5) is 5.69 Å². The van der Waals surface area contributed by atoms with Crippen LogP contribution in [0.5, 0.6) is 0 Å². The number of aryl methyl sites for hydroxylation is 3. The molecule has 4 aromatic rings. The van der Waals surface area contributed by atoms with Crippen molar-refractivity contribution in [3.63, 3.8) is 0 Å². The Morgan fingerprint density at radius 2 is 1.75 bits per heavy atom. The van der Waals surface area contributed by atoms with Gasteiger partial charge in [-0.05, 0) is 55.2 Å². The normalized spacial score (nSPS) is 12.0. The number of carbonyl (C=O) groups excluding carboxylic acids is 1. The number of benzene rings is 2. The molecule has 0 aliphatic rings. The number of nitrogens with zero attached hydrogens (tertiary/aromatic N) is 4. The molecule has 0 bridgehead atoms. The molecule has 0 aliphatic heterocycles. The Hall–Kier alpha value is -3.67. The first-order chi connectivity index (χ1) is 17.5. The number of unbranched alkanes of at least 4 members (excludes halogenated alkanes) is 1. The van der Waals surface area contributed by atoms with Crippen LogP contribution in [0.15, 0.2) is 60.7 Å². The lowest BCUT2D eigenvalue weighted by Gasteiger charge is -2.32. The van der Waals surface area contributed by atoms with Gasteiger partial charge in [-0.15, -0.1) is 0 Å². The summed E-state index contributed by atoms with van der Waals surface area (Å²) in [5.41, 5.74) is 7.17. The Labute approximate surface area is 213 Å². The number of rotatable bonds is 10. The molecule has 6 heteroatoms. The molecule has 1 atom stereocenters. The summed E-state index contributed by atoms with van der Waals surface area (Å²) in [5.74, 6) is 0.783. The number of fused-ring (bicyclic) bond motifs is 1. The van der Waals surface area contributed by atoms with Gasteiger partial charge in [0.05, 0.1) is 13.7 Å². The number of aromatic nitrogens is 3. The van der Waals surface area contributed by atoms with Gasteiger partial charge < -0.3 is 14.2 Å². The monoisotopic (exact) mass is 484 g/mol. The van der Waals surface area contributed by atoms with Crippen LogP contribution in [0, 0.1) is 13.8 Å². The minimum atomic E-state index is -0.493. The van der Waals surface area contributed by atoms with Gasteiger partial charge in [0.2, 0.25) is 0 Å². The van der Waals surface area contributed by atoms with Crippen LogP contribution >= 0.6 is 0 Å². The Balaban J connectivity index is 1.68. The second-order valence-electron chi connectivity index (χ2n) is 9.27. The van der Waals surface area contributed by atoms with Gasteiger partial charge in [0, 0.05) is 24.3 Å². The summed E-state index contributed by atoms with van der Waals surface area (Å²) in [6, 6.07) is 20.0. The molecule has 36 heavy (non-hydrogen) atoms. The minimum Gasteiger partial charge on any atom is -0.467 e. The van der Waals surface area contributed by atoms with Crippen molar-refractivity contribution < 1.29 is 9.53 Å². The summed E-state index contributed by atoms with van der Waals surface area (Å²) in [7, 11) is 1.46. The zero-order chi connectivity index (χ0) is 25.7. The van der Waals surface area contributed by atoms with Gasteiger partial charge in [-0.2, -0.15) is 0 Å². The molecule has 0 saturated carbocycles. The topological polar surface area (TPSA) is 60.2 Å². The first-order valence-electron chi connectivity index (χ1n) is 12.8. The maximum atomic E-state index is 12.9. The lowest BCUT2D eigenvalue weighted by atomic mass is 10.0. The maximum absolute atomic E-state index is 12.9. The summed E-state index contributed by atoms with van der Waals surface area (Å²) < 4.78 is 7.45. The van der Waals surface area contributed by atoms with Gasteiger partial charge >= 0.3 is 5.97 Å². The number of carbonyl (C=O) groups is 1. The van der Waals surface area contributed by atoms with Gasteiger partial charge in [0.1, 0.15) is 11.3 Å². The van der Waals surface area contributed by atoms with Crippen LogP contribution < -0.4 is 4.90 Å². The summed E-state index contributed by atoms with van der Waals surface area (Å²) in [6.07, 6.45) is 2.86. The van der Waals surface area contributed by atoms with Crippen molar-refractivity contribution in [2.75, 3.05) is 18.6 Å². The van der Waals surface area contributed by atoms with E-state index in [9.17, 15) is 4.79 Å². The number of anilines is 1. The number of imidazole rings is 1. The predicted octanol–water partition coefficient (Wildman–Crippen LogP) is 6.18. The molecule has 0 saturated heterocycles. The van der Waals surface area contributed by atoms with Gasteiger partial charge in [-0.25, -0.2) is 14.8 Å². The standard InChI is InChI=1S/C30H36N4O2/c1-6-8-18-33(28(30(35)36-5)24-12-10-9-11-13-24)25-16-14-23(15-17-25)20-34-26(7-2)32-27-21(3)19-22(4)31-29(27)34/h9-17,19,28H,6-8,18,20H2,1-5H3. The van der Waals surface area contributed by atoms with E-state index in [0.717, 1.165) is 65.3 Å². The van der Waals surface area contributed by atoms with Crippen LogP contribution in [-0.2, 0) is 22.5 Å². The van der Waals surface area contributed by atoms with E-state index in [1.54, 1.807) is 0 Å². The van der Waals surface area contributed by atoms with Gasteiger partial charge in [-0.3, -0.25) is 0 Å². The molecule has 188 valence electrons. The van der Waals surface area contributed by atoms with E-state index in [2.05, 4.69) is 60.6 Å². The number of pyridine rings is 1. The highest BCUT2D eigenvalue weighted by molar-refractivity contribution is 5.82. The molecule has 0 radical (unpaired) electrons. The molecule has 2 aromatic carbocycles. The zero-order valence-electron chi connectivity index (χ0n) is 22.0. The molecule has 0 spiro atoms. The average Bonchev–Trinajstić information content (AvgIpc) is 3.24. The van der Waals surface area contributed by atoms with Crippen molar-refractivity contribution in [3.8, 4) is 0 Å². The van der Waals surface area contributed by atoms with Crippen LogP contribution in [0.1, 0.15) is 60.9 Å². The second kappa shape index (κ2) is 11.4. The fourth-order valence-electron chi connectivity index (χ4n) is 4.79. The van der Waals surface area contributed by atoms with Crippen LogP contribution in [0.3, 0.4) is 0 Å². The maximum Gasteiger partial charge on any atom is 0.333 e. The second-order valence-corrected chi connectivity index (χ2v) is 9.27. The van der Waals surface area contributed by atoms with Crippen molar-refractivity contribution in [1.82, 2.24) is 14.5 Å². The summed E-state index contributed by atoms with van der Waals surface area (Å²) >= 11 is 0. The van der Waals surface area contributed by atoms with E-state index < -0.39 is 6.04 Å². The molecule has 1 unspecified atom stereocenters. The van der Waals surface area contributed by atoms with Gasteiger partial charge in [0.25, 0.3) is 0 Å². The molecule has 0 aliphatic carbocycles. The van der Waals surface area contributed by atoms with Crippen molar-refractivity contribution in [2.45, 2.75) is 59.5 Å². The third-order valence-electron chi connectivity index (χ3n) is 6.63. The first kappa shape index (κ1) is 25.4. The largest absolute Gasteiger partial charge is 0.467 e. The number of esters is 1. The molecular formula is C30H36N4O2. The number of hydrogen-bond donors (Lipinski definition) is 0. The van der Waals surface area contributed by atoms with Crippen LogP contribution in [0.2, 0.25) is 0 Å². The molecule has 4 rings (SSSR count). The minimum absolute atomic E-state index is 0.254. The van der Waals surface area contributed by atoms with Crippen molar-refractivity contribution in [3.05, 3.63) is 88.9 Å². The van der Waals surface area contributed by atoms with Gasteiger partial charge in [-0.1, -0.05) is 62.7 Å². The Kier molecular flexibility index (Phi) is 8.04. The average molecular weight is 485 g/mol. The SMILES string of the molecule is CCCCN(c1ccc(Cn2c(CC)nc3c(C)cc(C)nc32)cc1)C(C(=O)OC)c1ccccc1. The number of hydrogen-bond acceptors (Lipinski definition) is 5. The molecule has 0 amide bonds. The molecule has 2 aromatic heterocycles. The summed E-state index contributed by atoms with van der Waals surface area (Å²) in [6.45, 7) is 9.88. The fraction of sp³-hybridized carbons (Fsp3) is 0.367. The van der Waals surface area contributed by atoms with Crippen molar-refractivity contribution >= 4 is 22.8 Å². The summed E-state index contributed by atoms with van der Waals surface area (Å²) in [5, 5.41) is 0. The summed E-state index contributed by atoms with van der Waals surface area (Å²) in [4.78, 5) is 24.8. The highest BCUT2D eigenvalue weighted by Gasteiger charge is 2.28. The van der Waals surface area contributed by atoms with E-state index in [1.165, 1.54) is 12.7 Å². The lowest BCUT2D eigenvalue weighted by Crippen LogP contribution is -2.35. The Morgan fingerprint density at radius 1 is 1.03 bits per heavy atom. The molecular weight excluding hydrogens is 448 g/mol. The van der Waals surface area contributed by atoms with Crippen LogP contribution in [-0.4, -0.2) is 34.2 Å². The molecule has 6 nitrogen and oxygen atoms in total. The smallest absolute Gasteiger partial charge is 0.333 e. The highest BCUT2D eigenvalue weighted by Crippen LogP contribution is 2.30. The number of methoxy groups -OCH3 is 1. The quantitative estimate of drug-likeness (QED) is 0.252. The Bertz CT molecular complexity index is 1310. The zero-order valence-corrected chi connectivity index (χ0v) is 22.0. The third-order valence-corrected chi connectivity index (χ3v) is 6.63.